The van der Waals surface area contributed by atoms with E-state index in [2.05, 4.69) is 20.7 Å². The minimum Gasteiger partial charge on any atom is -0.497 e. The fourth-order valence-electron chi connectivity index (χ4n) is 2.73. The van der Waals surface area contributed by atoms with Crippen molar-refractivity contribution in [3.8, 4) is 17.1 Å². The van der Waals surface area contributed by atoms with Crippen molar-refractivity contribution in [1.29, 1.82) is 0 Å². The third-order valence-corrected chi connectivity index (χ3v) is 5.57. The first kappa shape index (κ1) is 23.2. The highest BCUT2D eigenvalue weighted by Crippen LogP contribution is 2.26. The number of ether oxygens (including phenoxy) is 1. The van der Waals surface area contributed by atoms with Gasteiger partial charge in [-0.2, -0.15) is 5.10 Å². The first-order chi connectivity index (χ1) is 15.4. The Hall–Kier alpha value is -3.44. The van der Waals surface area contributed by atoms with Gasteiger partial charge in [0.25, 0.3) is 11.6 Å². The second-order valence-electron chi connectivity index (χ2n) is 6.33. The van der Waals surface area contributed by atoms with Gasteiger partial charge in [0.15, 0.2) is 11.0 Å². The zero-order chi connectivity index (χ0) is 23.1. The molecule has 0 spiro atoms. The van der Waals surface area contributed by atoms with Gasteiger partial charge in [-0.05, 0) is 37.3 Å². The van der Waals surface area contributed by atoms with E-state index in [4.69, 9.17) is 16.3 Å². The number of nitro groups is 1. The van der Waals surface area contributed by atoms with Crippen molar-refractivity contribution >= 4 is 41.2 Å². The second kappa shape index (κ2) is 10.7. The largest absolute Gasteiger partial charge is 0.497 e. The number of hydrogen-bond acceptors (Lipinski definition) is 8. The molecule has 166 valence electrons. The summed E-state index contributed by atoms with van der Waals surface area (Å²) in [6, 6.07) is 11.7. The third kappa shape index (κ3) is 5.62. The predicted octanol–water partition coefficient (Wildman–Crippen LogP) is 3.78. The number of amides is 1. The molecule has 32 heavy (non-hydrogen) atoms. The molecule has 0 aliphatic rings. The maximum atomic E-state index is 12.1. The van der Waals surface area contributed by atoms with Gasteiger partial charge < -0.3 is 9.30 Å². The average Bonchev–Trinajstić information content (AvgIpc) is 3.21. The zero-order valence-corrected chi connectivity index (χ0v) is 18.8. The number of carbonyl (C=O) groups is 1. The second-order valence-corrected chi connectivity index (χ2v) is 7.68. The Morgan fingerprint density at radius 1 is 1.31 bits per heavy atom. The van der Waals surface area contributed by atoms with Crippen LogP contribution in [0.3, 0.4) is 0 Å². The fourth-order valence-corrected chi connectivity index (χ4v) is 3.71. The van der Waals surface area contributed by atoms with E-state index in [-0.39, 0.29) is 22.4 Å². The fraction of sp³-hybridized carbons (Fsp3) is 0.200. The Balaban J connectivity index is 1.60. The Morgan fingerprint density at radius 2 is 2.06 bits per heavy atom. The van der Waals surface area contributed by atoms with Gasteiger partial charge in [-0.25, -0.2) is 5.43 Å². The molecule has 3 rings (SSSR count). The summed E-state index contributed by atoms with van der Waals surface area (Å²) in [4.78, 5) is 22.5. The van der Waals surface area contributed by atoms with E-state index in [1.54, 1.807) is 13.2 Å². The Labute approximate surface area is 192 Å². The van der Waals surface area contributed by atoms with E-state index in [0.717, 1.165) is 11.3 Å². The number of hydrogen-bond donors (Lipinski definition) is 1. The zero-order valence-electron chi connectivity index (χ0n) is 17.2. The molecule has 10 nitrogen and oxygen atoms in total. The van der Waals surface area contributed by atoms with Crippen LogP contribution in [-0.4, -0.2) is 44.7 Å². The lowest BCUT2D eigenvalue weighted by atomic mass is 10.2. The van der Waals surface area contributed by atoms with E-state index in [1.165, 1.54) is 30.1 Å². The van der Waals surface area contributed by atoms with Crippen molar-refractivity contribution in [3.05, 3.63) is 63.2 Å². The number of methoxy groups -OCH3 is 1. The van der Waals surface area contributed by atoms with Crippen LogP contribution in [0.1, 0.15) is 12.5 Å². The Kier molecular flexibility index (Phi) is 7.79. The summed E-state index contributed by atoms with van der Waals surface area (Å²) in [5.41, 5.74) is 3.48. The number of hydrazone groups is 1. The smallest absolute Gasteiger partial charge is 0.288 e. The molecule has 0 saturated carbocycles. The van der Waals surface area contributed by atoms with Crippen LogP contribution in [0.15, 0.2) is 52.7 Å². The summed E-state index contributed by atoms with van der Waals surface area (Å²) in [7, 11) is 1.60. The lowest BCUT2D eigenvalue weighted by Gasteiger charge is -2.07. The molecule has 0 unspecified atom stereocenters. The molecule has 0 radical (unpaired) electrons. The Morgan fingerprint density at radius 3 is 2.72 bits per heavy atom. The number of rotatable bonds is 9. The van der Waals surface area contributed by atoms with Gasteiger partial charge in [0.2, 0.25) is 0 Å². The van der Waals surface area contributed by atoms with Crippen LogP contribution in [0.25, 0.3) is 11.4 Å². The molecule has 1 N–H and O–H groups in total. The summed E-state index contributed by atoms with van der Waals surface area (Å²) >= 11 is 7.01. The minimum absolute atomic E-state index is 0.0293. The first-order valence-corrected chi connectivity index (χ1v) is 10.8. The number of aromatic nitrogens is 3. The predicted molar refractivity (Wildman–Crippen MR) is 122 cm³/mol. The number of nitrogens with one attached hydrogen (secondary N) is 1. The van der Waals surface area contributed by atoms with Gasteiger partial charge in [0.05, 0.1) is 24.0 Å². The molecule has 1 heterocycles. The van der Waals surface area contributed by atoms with Crippen molar-refractivity contribution < 1.29 is 14.5 Å². The minimum atomic E-state index is -0.584. The van der Waals surface area contributed by atoms with Crippen LogP contribution >= 0.6 is 23.4 Å². The SMILES string of the molecule is CCn1c(SCC(=O)NN=Cc2ccc(Cl)c([N+](=O)[O-])c2)nnc1-c1ccc(OC)cc1. The lowest BCUT2D eigenvalue weighted by Crippen LogP contribution is -2.20. The topological polar surface area (TPSA) is 125 Å². The van der Waals surface area contributed by atoms with Crippen LogP contribution in [0.4, 0.5) is 5.69 Å². The van der Waals surface area contributed by atoms with Crippen molar-refractivity contribution in [2.24, 2.45) is 5.10 Å². The van der Waals surface area contributed by atoms with E-state index in [0.29, 0.717) is 23.1 Å². The van der Waals surface area contributed by atoms with Gasteiger partial charge in [0.1, 0.15) is 10.8 Å². The van der Waals surface area contributed by atoms with Gasteiger partial charge in [0, 0.05) is 23.7 Å². The molecular formula is C20H19ClN6O4S. The van der Waals surface area contributed by atoms with E-state index >= 15 is 0 Å². The van der Waals surface area contributed by atoms with Crippen LogP contribution < -0.4 is 10.2 Å². The molecule has 0 bridgehead atoms. The summed E-state index contributed by atoms with van der Waals surface area (Å²) < 4.78 is 7.09. The standard InChI is InChI=1S/C20H19ClN6O4S/c1-3-26-19(14-5-7-15(31-2)8-6-14)24-25-20(26)32-12-18(28)23-22-11-13-4-9-16(21)17(10-13)27(29)30/h4-11H,3,12H2,1-2H3,(H,23,28). The van der Waals surface area contributed by atoms with E-state index in [1.807, 2.05) is 35.8 Å². The molecule has 0 aliphatic carbocycles. The highest BCUT2D eigenvalue weighted by Gasteiger charge is 2.15. The summed E-state index contributed by atoms with van der Waals surface area (Å²) in [5, 5.41) is 23.8. The number of halogens is 1. The van der Waals surface area contributed by atoms with E-state index in [9.17, 15) is 14.9 Å². The van der Waals surface area contributed by atoms with Crippen molar-refractivity contribution in [2.45, 2.75) is 18.6 Å². The van der Waals surface area contributed by atoms with Crippen molar-refractivity contribution in [2.75, 3.05) is 12.9 Å². The number of benzene rings is 2. The molecule has 0 saturated heterocycles. The summed E-state index contributed by atoms with van der Waals surface area (Å²) in [6.07, 6.45) is 1.31. The summed E-state index contributed by atoms with van der Waals surface area (Å²) in [6.45, 7) is 2.60. The van der Waals surface area contributed by atoms with Crippen LogP contribution in [0, 0.1) is 10.1 Å². The third-order valence-electron chi connectivity index (χ3n) is 4.28. The number of nitrogens with zero attached hydrogens (tertiary/aromatic N) is 5. The summed E-state index contributed by atoms with van der Waals surface area (Å²) in [5.74, 6) is 1.15. The maximum Gasteiger partial charge on any atom is 0.288 e. The molecular weight excluding hydrogens is 456 g/mol. The molecule has 0 aliphatic heterocycles. The average molecular weight is 475 g/mol. The van der Waals surface area contributed by atoms with Crippen molar-refractivity contribution in [1.82, 2.24) is 20.2 Å². The number of nitro benzene ring substituents is 1. The van der Waals surface area contributed by atoms with Crippen LogP contribution in [0.2, 0.25) is 5.02 Å². The highest BCUT2D eigenvalue weighted by molar-refractivity contribution is 7.99. The first-order valence-electron chi connectivity index (χ1n) is 9.39. The molecule has 1 aromatic heterocycles. The molecule has 2 aromatic carbocycles. The molecule has 0 atom stereocenters. The molecule has 0 fully saturated rings. The van der Waals surface area contributed by atoms with Crippen LogP contribution in [-0.2, 0) is 11.3 Å². The number of carbonyl (C=O) groups excluding carboxylic acids is 1. The van der Waals surface area contributed by atoms with Crippen LogP contribution in [0.5, 0.6) is 5.75 Å². The normalized spacial score (nSPS) is 11.0. The van der Waals surface area contributed by atoms with E-state index < -0.39 is 4.92 Å². The van der Waals surface area contributed by atoms with Gasteiger partial charge >= 0.3 is 0 Å². The maximum absolute atomic E-state index is 12.1. The molecule has 12 heteroatoms. The van der Waals surface area contributed by atoms with Gasteiger partial charge in [-0.15, -0.1) is 10.2 Å². The van der Waals surface area contributed by atoms with Crippen molar-refractivity contribution in [3.63, 3.8) is 0 Å². The molecule has 1 amide bonds. The highest BCUT2D eigenvalue weighted by atomic mass is 35.5. The number of thioether (sulfide) groups is 1. The van der Waals surface area contributed by atoms with Gasteiger partial charge in [-0.1, -0.05) is 29.4 Å². The van der Waals surface area contributed by atoms with Gasteiger partial charge in [-0.3, -0.25) is 14.9 Å². The quantitative estimate of drug-likeness (QED) is 0.216. The molecule has 3 aromatic rings. The Bertz CT molecular complexity index is 1150. The monoisotopic (exact) mass is 474 g/mol. The lowest BCUT2D eigenvalue weighted by molar-refractivity contribution is -0.384.